The highest BCUT2D eigenvalue weighted by molar-refractivity contribution is 5.77. The zero-order valence-corrected chi connectivity index (χ0v) is 21.5. The highest BCUT2D eigenvalue weighted by Gasteiger charge is 2.27. The molecule has 0 amide bonds. The molecule has 0 spiro atoms. The highest BCUT2D eigenvalue weighted by Crippen LogP contribution is 2.31. The fourth-order valence-electron chi connectivity index (χ4n) is 4.90. The summed E-state index contributed by atoms with van der Waals surface area (Å²) in [6.45, 7) is 9.11. The number of fused-ring (bicyclic) bond motifs is 2. The lowest BCUT2D eigenvalue weighted by molar-refractivity contribution is 0.313. The van der Waals surface area contributed by atoms with Gasteiger partial charge in [-0.2, -0.15) is 4.98 Å². The van der Waals surface area contributed by atoms with Crippen LogP contribution in [0.4, 0.5) is 11.6 Å². The lowest BCUT2D eigenvalue weighted by Crippen LogP contribution is -2.26. The average molecular weight is 484 g/mol. The molecule has 36 heavy (non-hydrogen) atoms. The fourth-order valence-corrected chi connectivity index (χ4v) is 4.90. The number of nitrogens with one attached hydrogen (secondary N) is 1. The Morgan fingerprint density at radius 1 is 1.08 bits per heavy atom. The molecular weight excluding hydrogens is 450 g/mol. The molecule has 1 N–H and O–H groups in total. The average Bonchev–Trinajstić information content (AvgIpc) is 3.62. The summed E-state index contributed by atoms with van der Waals surface area (Å²) >= 11 is 0. The second-order valence-corrected chi connectivity index (χ2v) is 11.3. The molecule has 0 radical (unpaired) electrons. The van der Waals surface area contributed by atoms with Crippen molar-refractivity contribution in [1.29, 1.82) is 0 Å². The van der Waals surface area contributed by atoms with E-state index in [0.717, 1.165) is 43.7 Å². The molecule has 2 aliphatic rings. The molecule has 186 valence electrons. The first kappa shape index (κ1) is 22.9. The summed E-state index contributed by atoms with van der Waals surface area (Å²) in [5.41, 5.74) is 5.04. The zero-order valence-electron chi connectivity index (χ0n) is 21.5. The highest BCUT2D eigenvalue weighted by atomic mass is 16.1. The number of pyridine rings is 1. The Bertz CT molecular complexity index is 1510. The Morgan fingerprint density at radius 2 is 1.92 bits per heavy atom. The van der Waals surface area contributed by atoms with E-state index in [4.69, 9.17) is 9.97 Å². The molecular formula is C28H33N7O. The van der Waals surface area contributed by atoms with Gasteiger partial charge in [0.1, 0.15) is 5.39 Å². The van der Waals surface area contributed by atoms with E-state index in [-0.39, 0.29) is 11.0 Å². The normalized spacial score (nSPS) is 16.3. The standard InChI is InChI=1S/C28H33N7O/c1-28(2,3)23-6-5-7-24(31-23)35-25-22(26(36)34(35)16-18-8-9-18)15-29-27(32-25)30-21-11-10-19-12-13-33(4)17-20(19)14-21/h5-7,10-11,14-15,18H,8-9,12-13,16-17H2,1-4H3,(H,29,30,32). The first-order valence-electron chi connectivity index (χ1n) is 12.8. The monoisotopic (exact) mass is 483 g/mol. The van der Waals surface area contributed by atoms with Crippen molar-refractivity contribution >= 4 is 22.7 Å². The minimum atomic E-state index is -0.108. The van der Waals surface area contributed by atoms with Crippen LogP contribution in [0.1, 0.15) is 50.4 Å². The topological polar surface area (TPSA) is 80.9 Å². The van der Waals surface area contributed by atoms with Crippen LogP contribution in [-0.4, -0.2) is 42.8 Å². The quantitative estimate of drug-likeness (QED) is 0.453. The maximum Gasteiger partial charge on any atom is 0.278 e. The Hall–Kier alpha value is -3.52. The number of aromatic nitrogens is 5. The molecule has 3 aromatic heterocycles. The van der Waals surface area contributed by atoms with Gasteiger partial charge in [0, 0.05) is 42.6 Å². The molecule has 1 aliphatic heterocycles. The summed E-state index contributed by atoms with van der Waals surface area (Å²) in [5.74, 6) is 1.70. The third-order valence-corrected chi connectivity index (χ3v) is 7.19. The third kappa shape index (κ3) is 4.30. The van der Waals surface area contributed by atoms with Gasteiger partial charge in [-0.3, -0.25) is 4.79 Å². The van der Waals surface area contributed by atoms with Crippen LogP contribution in [0.15, 0.2) is 47.4 Å². The van der Waals surface area contributed by atoms with E-state index in [0.29, 0.717) is 35.3 Å². The van der Waals surface area contributed by atoms with Crippen LogP contribution >= 0.6 is 0 Å². The molecule has 4 heterocycles. The number of nitrogens with zero attached hydrogens (tertiary/aromatic N) is 6. The smallest absolute Gasteiger partial charge is 0.278 e. The largest absolute Gasteiger partial charge is 0.324 e. The number of anilines is 2. The minimum Gasteiger partial charge on any atom is -0.324 e. The Morgan fingerprint density at radius 3 is 2.69 bits per heavy atom. The van der Waals surface area contributed by atoms with E-state index in [1.165, 1.54) is 11.1 Å². The van der Waals surface area contributed by atoms with Gasteiger partial charge in [-0.05, 0) is 67.6 Å². The number of benzene rings is 1. The van der Waals surface area contributed by atoms with E-state index >= 15 is 0 Å². The zero-order chi connectivity index (χ0) is 25.0. The summed E-state index contributed by atoms with van der Waals surface area (Å²) in [4.78, 5) is 30.1. The maximum absolute atomic E-state index is 13.4. The van der Waals surface area contributed by atoms with Crippen LogP contribution in [0.2, 0.25) is 0 Å². The van der Waals surface area contributed by atoms with Crippen molar-refractivity contribution in [2.75, 3.05) is 18.9 Å². The SMILES string of the molecule is CN1CCc2ccc(Nc3ncc4c(=O)n(CC5CC5)n(-c5cccc(C(C)(C)C)n5)c4n3)cc2C1. The molecule has 0 bridgehead atoms. The number of rotatable bonds is 5. The van der Waals surface area contributed by atoms with Gasteiger partial charge in [0.15, 0.2) is 11.5 Å². The van der Waals surface area contributed by atoms with Gasteiger partial charge >= 0.3 is 0 Å². The van der Waals surface area contributed by atoms with Crippen molar-refractivity contribution in [2.24, 2.45) is 5.92 Å². The summed E-state index contributed by atoms with van der Waals surface area (Å²) < 4.78 is 3.68. The predicted molar refractivity (Wildman–Crippen MR) is 142 cm³/mol. The van der Waals surface area contributed by atoms with Crippen LogP contribution in [0.5, 0.6) is 0 Å². The fraction of sp³-hybridized carbons (Fsp3) is 0.429. The third-order valence-electron chi connectivity index (χ3n) is 7.19. The van der Waals surface area contributed by atoms with Crippen LogP contribution in [-0.2, 0) is 24.9 Å². The van der Waals surface area contributed by atoms with Crippen molar-refractivity contribution < 1.29 is 0 Å². The summed E-state index contributed by atoms with van der Waals surface area (Å²) in [5, 5.41) is 3.88. The van der Waals surface area contributed by atoms with Gasteiger partial charge in [0.25, 0.3) is 5.56 Å². The van der Waals surface area contributed by atoms with Crippen molar-refractivity contribution in [3.63, 3.8) is 0 Å². The van der Waals surface area contributed by atoms with Crippen molar-refractivity contribution in [2.45, 2.75) is 58.5 Å². The maximum atomic E-state index is 13.4. The van der Waals surface area contributed by atoms with Crippen molar-refractivity contribution in [1.82, 2.24) is 29.2 Å². The number of likely N-dealkylation sites (N-methyl/N-ethyl adjacent to an activating group) is 1. The molecule has 8 heteroatoms. The minimum absolute atomic E-state index is 0.0665. The van der Waals surface area contributed by atoms with E-state index in [9.17, 15) is 4.79 Å². The van der Waals surface area contributed by atoms with Crippen LogP contribution in [0, 0.1) is 5.92 Å². The molecule has 0 saturated heterocycles. The Labute approximate surface area is 211 Å². The molecule has 8 nitrogen and oxygen atoms in total. The summed E-state index contributed by atoms with van der Waals surface area (Å²) in [6, 6.07) is 12.4. The van der Waals surface area contributed by atoms with Crippen LogP contribution in [0.3, 0.4) is 0 Å². The van der Waals surface area contributed by atoms with E-state index in [2.05, 4.69) is 61.2 Å². The Balaban J connectivity index is 1.44. The van der Waals surface area contributed by atoms with Crippen LogP contribution in [0.25, 0.3) is 16.9 Å². The van der Waals surface area contributed by atoms with E-state index < -0.39 is 0 Å². The molecule has 0 unspecified atom stereocenters. The lowest BCUT2D eigenvalue weighted by Gasteiger charge is -2.25. The lowest BCUT2D eigenvalue weighted by atomic mass is 9.92. The summed E-state index contributed by atoms with van der Waals surface area (Å²) in [6.07, 6.45) is 5.01. The van der Waals surface area contributed by atoms with Gasteiger partial charge in [-0.1, -0.05) is 32.9 Å². The van der Waals surface area contributed by atoms with Crippen LogP contribution < -0.4 is 10.9 Å². The van der Waals surface area contributed by atoms with Crippen molar-refractivity contribution in [3.8, 4) is 5.82 Å². The predicted octanol–water partition coefficient (Wildman–Crippen LogP) is 4.42. The van der Waals surface area contributed by atoms with Gasteiger partial charge in [-0.25, -0.2) is 19.3 Å². The van der Waals surface area contributed by atoms with Gasteiger partial charge in [-0.15, -0.1) is 0 Å². The first-order valence-corrected chi connectivity index (χ1v) is 12.8. The van der Waals surface area contributed by atoms with Crippen molar-refractivity contribution in [3.05, 3.63) is 69.8 Å². The molecule has 6 rings (SSSR count). The van der Waals surface area contributed by atoms with Gasteiger partial charge in [0.2, 0.25) is 5.95 Å². The number of hydrogen-bond donors (Lipinski definition) is 1. The van der Waals surface area contributed by atoms with Gasteiger partial charge in [0.05, 0.1) is 0 Å². The summed E-state index contributed by atoms with van der Waals surface area (Å²) in [7, 11) is 2.15. The molecule has 4 aromatic rings. The van der Waals surface area contributed by atoms with Gasteiger partial charge < -0.3 is 10.2 Å². The second kappa shape index (κ2) is 8.55. The molecule has 1 aliphatic carbocycles. The molecule has 0 atom stereocenters. The molecule has 1 saturated carbocycles. The second-order valence-electron chi connectivity index (χ2n) is 11.3. The van der Waals surface area contributed by atoms with E-state index in [1.807, 2.05) is 22.9 Å². The van der Waals surface area contributed by atoms with E-state index in [1.54, 1.807) is 10.9 Å². The number of hydrogen-bond acceptors (Lipinski definition) is 6. The Kier molecular flexibility index (Phi) is 5.44. The molecule has 1 aromatic carbocycles. The first-order chi connectivity index (χ1) is 17.3. The molecule has 1 fully saturated rings.